The van der Waals surface area contributed by atoms with Crippen LogP contribution in [0.25, 0.3) is 0 Å². The van der Waals surface area contributed by atoms with Crippen LogP contribution in [0, 0.1) is 0 Å². The van der Waals surface area contributed by atoms with Gasteiger partial charge < -0.3 is 9.47 Å². The van der Waals surface area contributed by atoms with Crippen molar-refractivity contribution in [3.8, 4) is 0 Å². The number of sulfonamides is 1. The molecule has 0 aliphatic carbocycles. The summed E-state index contributed by atoms with van der Waals surface area (Å²) in [5.74, 6) is -0.0342. The molecule has 1 aromatic rings. The van der Waals surface area contributed by atoms with Crippen molar-refractivity contribution < 1.29 is 17.9 Å². The van der Waals surface area contributed by atoms with Crippen LogP contribution < -0.4 is 0 Å². The Morgan fingerprint density at radius 3 is 2.75 bits per heavy atom. The Labute approximate surface area is 120 Å². The molecule has 0 radical (unpaired) electrons. The van der Waals surface area contributed by atoms with Crippen LogP contribution in [-0.2, 0) is 32.6 Å². The van der Waals surface area contributed by atoms with E-state index in [1.807, 2.05) is 13.0 Å². The quantitative estimate of drug-likeness (QED) is 0.582. The largest absolute Gasteiger partial charge is 0.382 e. The van der Waals surface area contributed by atoms with E-state index in [1.165, 1.54) is 4.31 Å². The lowest BCUT2D eigenvalue weighted by Crippen LogP contribution is -2.31. The fourth-order valence-corrected chi connectivity index (χ4v) is 2.64. The Bertz CT molecular complexity index is 487. The molecule has 0 unspecified atom stereocenters. The highest BCUT2D eigenvalue weighted by Crippen LogP contribution is 2.07. The van der Waals surface area contributed by atoms with E-state index in [9.17, 15) is 8.42 Å². The lowest BCUT2D eigenvalue weighted by molar-refractivity contribution is 0.0782. The molecule has 1 heterocycles. The number of rotatable bonds is 10. The molecule has 1 aromatic heterocycles. The van der Waals surface area contributed by atoms with Gasteiger partial charge in [-0.15, -0.1) is 0 Å². The Morgan fingerprint density at radius 2 is 2.10 bits per heavy atom. The van der Waals surface area contributed by atoms with Crippen molar-refractivity contribution in [3.63, 3.8) is 0 Å². The maximum absolute atomic E-state index is 12.1. The molecule has 20 heavy (non-hydrogen) atoms. The SMILES string of the molecule is CCn1nccc1CN(C)S(=O)(=O)CCOCCOC. The number of aryl methyl sites for hydroxylation is 1. The van der Waals surface area contributed by atoms with E-state index < -0.39 is 10.0 Å². The number of ether oxygens (including phenoxy) is 2. The summed E-state index contributed by atoms with van der Waals surface area (Å²) in [4.78, 5) is 0. The maximum Gasteiger partial charge on any atom is 0.216 e. The third-order valence-corrected chi connectivity index (χ3v) is 4.64. The summed E-state index contributed by atoms with van der Waals surface area (Å²) in [5.41, 5.74) is 0.874. The fraction of sp³-hybridized carbons (Fsp3) is 0.750. The van der Waals surface area contributed by atoms with Gasteiger partial charge in [0.15, 0.2) is 0 Å². The van der Waals surface area contributed by atoms with E-state index in [0.29, 0.717) is 19.8 Å². The van der Waals surface area contributed by atoms with Gasteiger partial charge in [0.05, 0.1) is 37.8 Å². The van der Waals surface area contributed by atoms with Crippen molar-refractivity contribution in [1.29, 1.82) is 0 Å². The van der Waals surface area contributed by atoms with E-state index in [-0.39, 0.29) is 12.4 Å². The average molecular weight is 305 g/mol. The first kappa shape index (κ1) is 17.1. The molecular weight excluding hydrogens is 282 g/mol. The van der Waals surface area contributed by atoms with Gasteiger partial charge in [-0.25, -0.2) is 8.42 Å². The van der Waals surface area contributed by atoms with Crippen molar-refractivity contribution in [2.75, 3.05) is 39.7 Å². The average Bonchev–Trinajstić information content (AvgIpc) is 2.85. The number of nitrogens with zero attached hydrogens (tertiary/aromatic N) is 3. The standard InChI is InChI=1S/C12H23N3O4S/c1-4-15-12(5-6-13-15)11-14(2)20(16,17)10-9-19-8-7-18-3/h5-6H,4,7-11H2,1-3H3. The van der Waals surface area contributed by atoms with Crippen LogP contribution in [0.15, 0.2) is 12.3 Å². The molecule has 8 heteroatoms. The molecule has 0 N–H and O–H groups in total. The molecule has 0 amide bonds. The Hall–Kier alpha value is -0.960. The summed E-state index contributed by atoms with van der Waals surface area (Å²) in [6, 6.07) is 1.82. The second-order valence-electron chi connectivity index (χ2n) is 4.32. The summed E-state index contributed by atoms with van der Waals surface area (Å²) >= 11 is 0. The van der Waals surface area contributed by atoms with E-state index >= 15 is 0 Å². The third kappa shape index (κ3) is 5.20. The molecule has 0 bridgehead atoms. The molecule has 0 aromatic carbocycles. The van der Waals surface area contributed by atoms with Crippen molar-refractivity contribution in [2.45, 2.75) is 20.0 Å². The molecule has 0 aliphatic heterocycles. The molecule has 0 saturated heterocycles. The zero-order valence-corrected chi connectivity index (χ0v) is 13.1. The Kier molecular flexibility index (Phi) is 7.14. The predicted octanol–water partition coefficient (Wildman–Crippen LogP) is 0.328. The first-order valence-electron chi connectivity index (χ1n) is 6.52. The molecule has 116 valence electrons. The minimum absolute atomic E-state index is 0.0342. The van der Waals surface area contributed by atoms with Gasteiger partial charge in [0, 0.05) is 26.9 Å². The zero-order valence-electron chi connectivity index (χ0n) is 12.3. The van der Waals surface area contributed by atoms with Crippen molar-refractivity contribution >= 4 is 10.0 Å². The van der Waals surface area contributed by atoms with Crippen molar-refractivity contribution in [2.24, 2.45) is 0 Å². The van der Waals surface area contributed by atoms with E-state index in [1.54, 1.807) is 25.0 Å². The van der Waals surface area contributed by atoms with Crippen LogP contribution in [0.1, 0.15) is 12.6 Å². The molecule has 0 saturated carbocycles. The first-order chi connectivity index (χ1) is 9.51. The summed E-state index contributed by atoms with van der Waals surface area (Å²) < 4.78 is 37.3. The smallest absolute Gasteiger partial charge is 0.216 e. The van der Waals surface area contributed by atoms with Crippen LogP contribution in [0.3, 0.4) is 0 Å². The van der Waals surface area contributed by atoms with Gasteiger partial charge in [-0.05, 0) is 13.0 Å². The number of methoxy groups -OCH3 is 1. The topological polar surface area (TPSA) is 73.7 Å². The highest BCUT2D eigenvalue weighted by atomic mass is 32.2. The third-order valence-electron chi connectivity index (χ3n) is 2.88. The van der Waals surface area contributed by atoms with Crippen LogP contribution >= 0.6 is 0 Å². The minimum Gasteiger partial charge on any atom is -0.382 e. The van der Waals surface area contributed by atoms with Crippen LogP contribution in [0.5, 0.6) is 0 Å². The second kappa shape index (κ2) is 8.35. The van der Waals surface area contributed by atoms with Gasteiger partial charge >= 0.3 is 0 Å². The molecule has 0 spiro atoms. The van der Waals surface area contributed by atoms with Crippen LogP contribution in [-0.4, -0.2) is 62.2 Å². The summed E-state index contributed by atoms with van der Waals surface area (Å²) in [5, 5.41) is 4.12. The zero-order chi connectivity index (χ0) is 15.0. The summed E-state index contributed by atoms with van der Waals surface area (Å²) in [7, 11) is -0.181. The van der Waals surface area contributed by atoms with Crippen LogP contribution in [0.2, 0.25) is 0 Å². The van der Waals surface area contributed by atoms with Gasteiger partial charge in [-0.2, -0.15) is 9.40 Å². The lowest BCUT2D eigenvalue weighted by Gasteiger charge is -2.17. The highest BCUT2D eigenvalue weighted by molar-refractivity contribution is 7.89. The first-order valence-corrected chi connectivity index (χ1v) is 8.13. The Morgan fingerprint density at radius 1 is 1.35 bits per heavy atom. The molecule has 0 aliphatic rings. The van der Waals surface area contributed by atoms with Gasteiger partial charge in [-0.1, -0.05) is 0 Å². The minimum atomic E-state index is -3.32. The van der Waals surface area contributed by atoms with Crippen molar-refractivity contribution in [1.82, 2.24) is 14.1 Å². The van der Waals surface area contributed by atoms with E-state index in [2.05, 4.69) is 5.10 Å². The molecule has 7 nitrogen and oxygen atoms in total. The van der Waals surface area contributed by atoms with Crippen molar-refractivity contribution in [3.05, 3.63) is 18.0 Å². The van der Waals surface area contributed by atoms with Gasteiger partial charge in [0.25, 0.3) is 0 Å². The number of hydrogen-bond acceptors (Lipinski definition) is 5. The molecule has 0 fully saturated rings. The van der Waals surface area contributed by atoms with Crippen LogP contribution in [0.4, 0.5) is 0 Å². The Balaban J connectivity index is 2.46. The molecule has 1 rings (SSSR count). The number of hydrogen-bond donors (Lipinski definition) is 0. The van der Waals surface area contributed by atoms with Gasteiger partial charge in [0.2, 0.25) is 10.0 Å². The molecular formula is C12H23N3O4S. The lowest BCUT2D eigenvalue weighted by atomic mass is 10.4. The maximum atomic E-state index is 12.1. The van der Waals surface area contributed by atoms with E-state index in [0.717, 1.165) is 12.2 Å². The summed E-state index contributed by atoms with van der Waals surface area (Å²) in [6.45, 7) is 4.03. The second-order valence-corrected chi connectivity index (χ2v) is 6.51. The van der Waals surface area contributed by atoms with Gasteiger partial charge in [-0.3, -0.25) is 4.68 Å². The predicted molar refractivity (Wildman–Crippen MR) is 75.8 cm³/mol. The normalized spacial score (nSPS) is 12.2. The summed E-state index contributed by atoms with van der Waals surface area (Å²) in [6.07, 6.45) is 1.67. The number of aromatic nitrogens is 2. The highest BCUT2D eigenvalue weighted by Gasteiger charge is 2.19. The van der Waals surface area contributed by atoms with E-state index in [4.69, 9.17) is 9.47 Å². The molecule has 0 atom stereocenters. The van der Waals surface area contributed by atoms with Gasteiger partial charge in [0.1, 0.15) is 0 Å². The fourth-order valence-electron chi connectivity index (χ4n) is 1.67. The monoisotopic (exact) mass is 305 g/mol.